The molecule has 2 saturated heterocycles. The number of hydrogen-bond acceptors (Lipinski definition) is 10. The lowest BCUT2D eigenvalue weighted by molar-refractivity contribution is -0.250. The Morgan fingerprint density at radius 2 is 1.66 bits per heavy atom. The van der Waals surface area contributed by atoms with Gasteiger partial charge in [-0.15, -0.1) is 0 Å². The van der Waals surface area contributed by atoms with Crippen LogP contribution in [0.15, 0.2) is 24.3 Å². The maximum absolute atomic E-state index is 13.3. The summed E-state index contributed by atoms with van der Waals surface area (Å²) in [5, 5.41) is 20.8. The first-order valence-electron chi connectivity index (χ1n) is 13.0. The van der Waals surface area contributed by atoms with E-state index in [2.05, 4.69) is 0 Å². The first-order chi connectivity index (χ1) is 18.4. The van der Waals surface area contributed by atoms with Gasteiger partial charge in [0.25, 0.3) is 0 Å². The maximum atomic E-state index is 13.3. The van der Waals surface area contributed by atoms with Crippen LogP contribution in [-0.4, -0.2) is 62.3 Å². The van der Waals surface area contributed by atoms with Gasteiger partial charge in [-0.05, 0) is 53.8 Å². The van der Waals surface area contributed by atoms with E-state index in [0.717, 1.165) is 16.7 Å². The van der Waals surface area contributed by atoms with Gasteiger partial charge in [0, 0.05) is 18.3 Å². The topological polar surface area (TPSA) is 122 Å². The molecular weight excluding hydrogens is 496 g/mol. The molecule has 38 heavy (non-hydrogen) atoms. The van der Waals surface area contributed by atoms with Crippen LogP contribution in [-0.2, 0) is 19.0 Å². The fraction of sp³-hybridized carbons (Fsp3) is 0.536. The summed E-state index contributed by atoms with van der Waals surface area (Å²) in [6.07, 6.45) is -0.101. The second-order valence-corrected chi connectivity index (χ2v) is 10.1. The Bertz CT molecular complexity index is 1200. The standard InChI is InChI=1S/C28H32O10/c1-4-18-17(29)5-6-23(37-18)38-27-15-10-20-19(35-12-36-20)9-14(15)24(25-16(27)11-34-28(25)31)13-7-21(32-2)26(30)22(8-13)33-3/h7-10,16-18,23-25,27,29-30H,4-6,11-12H2,1-3H3/t16-,17+,18+,23+,24+,25-,27+/m0/s1. The summed E-state index contributed by atoms with van der Waals surface area (Å²) < 4.78 is 40.6. The number of methoxy groups -OCH3 is 2. The third-order valence-corrected chi connectivity index (χ3v) is 8.14. The van der Waals surface area contributed by atoms with Gasteiger partial charge in [-0.3, -0.25) is 4.79 Å². The fourth-order valence-corrected chi connectivity index (χ4v) is 6.26. The minimum Gasteiger partial charge on any atom is -0.502 e. The van der Waals surface area contributed by atoms with Gasteiger partial charge in [-0.1, -0.05) is 6.92 Å². The summed E-state index contributed by atoms with van der Waals surface area (Å²) in [6.45, 7) is 2.26. The summed E-state index contributed by atoms with van der Waals surface area (Å²) in [5.41, 5.74) is 2.41. The number of fused-ring (bicyclic) bond motifs is 3. The van der Waals surface area contributed by atoms with E-state index in [1.807, 2.05) is 19.1 Å². The van der Waals surface area contributed by atoms with E-state index < -0.39 is 30.3 Å². The van der Waals surface area contributed by atoms with Crippen molar-refractivity contribution < 1.29 is 48.2 Å². The highest BCUT2D eigenvalue weighted by Gasteiger charge is 2.54. The molecule has 3 heterocycles. The number of hydrogen-bond donors (Lipinski definition) is 2. The summed E-state index contributed by atoms with van der Waals surface area (Å²) >= 11 is 0. The summed E-state index contributed by atoms with van der Waals surface area (Å²) in [4.78, 5) is 13.3. The second-order valence-electron chi connectivity index (χ2n) is 10.1. The quantitative estimate of drug-likeness (QED) is 0.540. The molecule has 2 aromatic rings. The molecular formula is C28H32O10. The number of carbonyl (C=O) groups excluding carboxylic acids is 1. The summed E-state index contributed by atoms with van der Waals surface area (Å²) in [7, 11) is 2.93. The fourth-order valence-electron chi connectivity index (χ4n) is 6.26. The molecule has 1 aliphatic carbocycles. The van der Waals surface area contributed by atoms with Crippen molar-refractivity contribution in [3.05, 3.63) is 41.0 Å². The van der Waals surface area contributed by atoms with E-state index in [0.29, 0.717) is 30.8 Å². The molecule has 10 heteroatoms. The van der Waals surface area contributed by atoms with Crippen molar-refractivity contribution in [3.8, 4) is 28.7 Å². The van der Waals surface area contributed by atoms with Gasteiger partial charge in [0.05, 0.1) is 45.1 Å². The molecule has 4 aliphatic rings. The van der Waals surface area contributed by atoms with Crippen LogP contribution in [0.4, 0.5) is 0 Å². The molecule has 6 rings (SSSR count). The molecule has 0 radical (unpaired) electrons. The number of cyclic esters (lactones) is 1. The number of ether oxygens (including phenoxy) is 7. The number of esters is 1. The van der Waals surface area contributed by atoms with Crippen molar-refractivity contribution in [3.63, 3.8) is 0 Å². The Labute approximate surface area is 220 Å². The number of aliphatic hydroxyl groups is 1. The van der Waals surface area contributed by atoms with Crippen molar-refractivity contribution >= 4 is 5.97 Å². The molecule has 2 aromatic carbocycles. The van der Waals surface area contributed by atoms with E-state index in [1.54, 1.807) is 12.1 Å². The van der Waals surface area contributed by atoms with Crippen LogP contribution >= 0.6 is 0 Å². The number of benzene rings is 2. The molecule has 0 aromatic heterocycles. The molecule has 0 saturated carbocycles. The van der Waals surface area contributed by atoms with E-state index in [1.165, 1.54) is 14.2 Å². The average molecular weight is 529 g/mol. The lowest BCUT2D eigenvalue weighted by Crippen LogP contribution is -2.42. The van der Waals surface area contributed by atoms with Crippen molar-refractivity contribution in [1.82, 2.24) is 0 Å². The van der Waals surface area contributed by atoms with Crippen LogP contribution in [0, 0.1) is 11.8 Å². The van der Waals surface area contributed by atoms with Gasteiger partial charge >= 0.3 is 5.97 Å². The smallest absolute Gasteiger partial charge is 0.310 e. The zero-order valence-corrected chi connectivity index (χ0v) is 21.5. The molecule has 2 fully saturated rings. The van der Waals surface area contributed by atoms with Gasteiger partial charge in [-0.25, -0.2) is 0 Å². The van der Waals surface area contributed by atoms with Crippen molar-refractivity contribution in [2.24, 2.45) is 11.8 Å². The van der Waals surface area contributed by atoms with E-state index >= 15 is 0 Å². The van der Waals surface area contributed by atoms with Crippen LogP contribution in [0.1, 0.15) is 54.9 Å². The Hall–Kier alpha value is -3.21. The Morgan fingerprint density at radius 1 is 0.974 bits per heavy atom. The third kappa shape index (κ3) is 4.02. The number of carbonyl (C=O) groups is 1. The van der Waals surface area contributed by atoms with E-state index in [-0.39, 0.29) is 48.6 Å². The summed E-state index contributed by atoms with van der Waals surface area (Å²) in [6, 6.07) is 7.25. The molecule has 0 unspecified atom stereocenters. The molecule has 0 amide bonds. The minimum absolute atomic E-state index is 0.103. The number of aliphatic hydroxyl groups excluding tert-OH is 1. The van der Waals surface area contributed by atoms with Gasteiger partial charge in [0.15, 0.2) is 29.3 Å². The molecule has 204 valence electrons. The third-order valence-electron chi connectivity index (χ3n) is 8.14. The second kappa shape index (κ2) is 9.83. The monoisotopic (exact) mass is 528 g/mol. The van der Waals surface area contributed by atoms with Crippen molar-refractivity contribution in [2.75, 3.05) is 27.6 Å². The van der Waals surface area contributed by atoms with Crippen LogP contribution in [0.2, 0.25) is 0 Å². The Kier molecular flexibility index (Phi) is 6.49. The Balaban J connectivity index is 1.47. The first kappa shape index (κ1) is 25.1. The highest BCUT2D eigenvalue weighted by molar-refractivity contribution is 5.79. The normalized spacial score (nSPS) is 31.4. The van der Waals surface area contributed by atoms with Gasteiger partial charge in [0.1, 0.15) is 0 Å². The lowest BCUT2D eigenvalue weighted by atomic mass is 9.66. The zero-order valence-electron chi connectivity index (χ0n) is 21.5. The molecule has 0 spiro atoms. The molecule has 7 atom stereocenters. The zero-order chi connectivity index (χ0) is 26.6. The van der Waals surface area contributed by atoms with Gasteiger partial charge in [-0.2, -0.15) is 0 Å². The average Bonchev–Trinajstić information content (AvgIpc) is 3.55. The van der Waals surface area contributed by atoms with Crippen LogP contribution in [0.5, 0.6) is 28.7 Å². The maximum Gasteiger partial charge on any atom is 0.310 e. The SMILES string of the molecule is CC[C@H]1O[C@H](O[C@@H]2c3cc4c(cc3[C@@H](c3cc(OC)c(O)c(OC)c3)[C@H]3C(=O)OC[C@@H]32)OCO4)CC[C@H]1O. The lowest BCUT2D eigenvalue weighted by Gasteiger charge is -2.42. The van der Waals surface area contributed by atoms with E-state index in [9.17, 15) is 15.0 Å². The van der Waals surface area contributed by atoms with Gasteiger partial charge < -0.3 is 43.4 Å². The van der Waals surface area contributed by atoms with Crippen molar-refractivity contribution in [2.45, 2.75) is 56.7 Å². The molecule has 0 bridgehead atoms. The highest BCUT2D eigenvalue weighted by atomic mass is 16.7. The number of phenolic OH excluding ortho intramolecular Hbond substituents is 1. The predicted molar refractivity (Wildman–Crippen MR) is 132 cm³/mol. The van der Waals surface area contributed by atoms with Crippen LogP contribution in [0.25, 0.3) is 0 Å². The number of phenols is 1. The van der Waals surface area contributed by atoms with E-state index in [4.69, 9.17) is 33.2 Å². The Morgan fingerprint density at radius 3 is 2.32 bits per heavy atom. The van der Waals surface area contributed by atoms with Crippen molar-refractivity contribution in [1.29, 1.82) is 0 Å². The van der Waals surface area contributed by atoms with Crippen LogP contribution in [0.3, 0.4) is 0 Å². The number of aromatic hydroxyl groups is 1. The highest BCUT2D eigenvalue weighted by Crippen LogP contribution is 2.57. The van der Waals surface area contributed by atoms with Crippen LogP contribution < -0.4 is 18.9 Å². The predicted octanol–water partition coefficient (Wildman–Crippen LogP) is 3.41. The molecule has 2 N–H and O–H groups in total. The molecule has 3 aliphatic heterocycles. The summed E-state index contributed by atoms with van der Waals surface area (Å²) in [5.74, 6) is -0.0933. The van der Waals surface area contributed by atoms with Gasteiger partial charge in [0.2, 0.25) is 12.5 Å². The largest absolute Gasteiger partial charge is 0.502 e. The minimum atomic E-state index is -0.567. The number of rotatable bonds is 6. The molecule has 10 nitrogen and oxygen atoms in total. The first-order valence-corrected chi connectivity index (χ1v) is 13.0.